The molecule has 11 rings (SSSR count). The Balaban J connectivity index is 0.00000259. The summed E-state index contributed by atoms with van der Waals surface area (Å²) in [5, 5.41) is 3.69. The highest BCUT2D eigenvalue weighted by atomic mass is 15.1. The van der Waals surface area contributed by atoms with Crippen molar-refractivity contribution < 1.29 is 0 Å². The van der Waals surface area contributed by atoms with Crippen LogP contribution in [0.25, 0.3) is 84.6 Å². The molecule has 0 saturated heterocycles. The summed E-state index contributed by atoms with van der Waals surface area (Å²) in [6.07, 6.45) is 9.41. The number of anilines is 3. The van der Waals surface area contributed by atoms with Crippen LogP contribution < -0.4 is 4.90 Å². The minimum Gasteiger partial charge on any atom is -0.313 e. The van der Waals surface area contributed by atoms with Gasteiger partial charge in [0.2, 0.25) is 0 Å². The Bertz CT molecular complexity index is 3510. The van der Waals surface area contributed by atoms with Crippen LogP contribution in [0.3, 0.4) is 0 Å². The first-order valence-electron chi connectivity index (χ1n) is 23.8. The smallest absolute Gasteiger partial charge is 0.0594 e. The topological polar surface area (TPSA) is 13.1 Å². The fraction of sp³-hybridized carbons (Fsp3) is 0.125. The van der Waals surface area contributed by atoms with E-state index in [9.17, 15) is 0 Å². The summed E-state index contributed by atoms with van der Waals surface area (Å²) in [7, 11) is 0. The molecule has 0 radical (unpaired) electrons. The Morgan fingerprint density at radius 1 is 0.552 bits per heavy atom. The Morgan fingerprint density at radius 3 is 1.79 bits per heavy atom. The Kier molecular flexibility index (Phi) is 11.2. The average Bonchev–Trinajstić information content (AvgIpc) is 3.97. The van der Waals surface area contributed by atoms with E-state index in [0.717, 1.165) is 40.3 Å². The number of hydrogen-bond acceptors (Lipinski definition) is 1. The highest BCUT2D eigenvalue weighted by Crippen LogP contribution is 2.56. The van der Waals surface area contributed by atoms with Crippen molar-refractivity contribution in [1.29, 1.82) is 0 Å². The maximum atomic E-state index is 4.38. The number of nitrogens with zero attached hydrogens (tertiary/aromatic N) is 3. The number of allylic oxidation sites excluding steroid dienone is 1. The summed E-state index contributed by atoms with van der Waals surface area (Å²) in [5.74, 6) is 0. The summed E-state index contributed by atoms with van der Waals surface area (Å²) in [6.45, 7) is 21.8. The first-order chi connectivity index (χ1) is 32.9. The fourth-order valence-electron chi connectivity index (χ4n) is 10.9. The fourth-order valence-corrected chi connectivity index (χ4v) is 10.9. The minimum atomic E-state index is -0.240. The molecule has 0 aliphatic heterocycles. The van der Waals surface area contributed by atoms with Crippen LogP contribution in [-0.4, -0.2) is 9.13 Å². The molecule has 2 aromatic heterocycles. The highest BCUT2D eigenvalue weighted by molar-refractivity contribution is 6.18. The standard InChI is InChI=1S/C62H51N3.C2H6/c1-7-21-50-53-40-42(32-39-57(53)64(55(50)10-4)44-24-15-12-16-25-44)41-30-33-45(34-31-41)63(43-22-13-11-14-23-43)46-35-37-47(38-36-46)65-56-29-20-18-27-52(56)59-49(9-3)48(8-2)58-51-26-17-19-28-54(51)62(5,6)60(58)61(59)65;1-2/h7-9,11-40H,2-3,10H2,1,4-6H3;1-2H3/b21-7-;. The lowest BCUT2D eigenvalue weighted by atomic mass is 9.80. The molecule has 1 aliphatic carbocycles. The Labute approximate surface area is 395 Å². The molecule has 2 heterocycles. The van der Waals surface area contributed by atoms with Gasteiger partial charge in [-0.05, 0) is 137 Å². The van der Waals surface area contributed by atoms with Crippen LogP contribution in [0.1, 0.15) is 75.1 Å². The second-order valence-electron chi connectivity index (χ2n) is 17.6. The van der Waals surface area contributed by atoms with Gasteiger partial charge in [-0.2, -0.15) is 0 Å². The lowest BCUT2D eigenvalue weighted by Crippen LogP contribution is -2.17. The van der Waals surface area contributed by atoms with Gasteiger partial charge in [-0.25, -0.2) is 0 Å². The maximum absolute atomic E-state index is 4.38. The van der Waals surface area contributed by atoms with Gasteiger partial charge in [-0.1, -0.05) is 169 Å². The van der Waals surface area contributed by atoms with E-state index in [1.165, 1.54) is 83.0 Å². The molecule has 3 heteroatoms. The molecule has 0 fully saturated rings. The number of hydrogen-bond donors (Lipinski definition) is 0. The van der Waals surface area contributed by atoms with Crippen LogP contribution in [-0.2, 0) is 11.8 Å². The normalized spacial score (nSPS) is 12.6. The quantitative estimate of drug-likeness (QED) is 0.133. The van der Waals surface area contributed by atoms with Crippen molar-refractivity contribution in [2.24, 2.45) is 0 Å². The second kappa shape index (κ2) is 17.5. The molecule has 67 heavy (non-hydrogen) atoms. The second-order valence-corrected chi connectivity index (χ2v) is 17.6. The van der Waals surface area contributed by atoms with Crippen LogP contribution in [0, 0.1) is 0 Å². The van der Waals surface area contributed by atoms with Gasteiger partial charge in [0.1, 0.15) is 0 Å². The van der Waals surface area contributed by atoms with E-state index < -0.39 is 0 Å². The van der Waals surface area contributed by atoms with E-state index in [1.54, 1.807) is 0 Å². The zero-order chi connectivity index (χ0) is 46.4. The van der Waals surface area contributed by atoms with Gasteiger partial charge in [-0.3, -0.25) is 0 Å². The maximum Gasteiger partial charge on any atom is 0.0594 e. The van der Waals surface area contributed by atoms with Crippen LogP contribution in [0.15, 0.2) is 195 Å². The predicted octanol–water partition coefficient (Wildman–Crippen LogP) is 18.1. The van der Waals surface area contributed by atoms with Gasteiger partial charge in [0.15, 0.2) is 0 Å². The van der Waals surface area contributed by atoms with E-state index in [0.29, 0.717) is 0 Å². The third-order valence-corrected chi connectivity index (χ3v) is 13.7. The molecule has 0 atom stereocenters. The predicted molar refractivity (Wildman–Crippen MR) is 291 cm³/mol. The molecule has 0 amide bonds. The zero-order valence-electron chi connectivity index (χ0n) is 39.5. The third-order valence-electron chi connectivity index (χ3n) is 13.7. The summed E-state index contributed by atoms with van der Waals surface area (Å²) in [6, 6.07) is 64.1. The van der Waals surface area contributed by atoms with Crippen LogP contribution >= 0.6 is 0 Å². The highest BCUT2D eigenvalue weighted by Gasteiger charge is 2.40. The van der Waals surface area contributed by atoms with E-state index >= 15 is 0 Å². The number of fused-ring (bicyclic) bond motifs is 8. The van der Waals surface area contributed by atoms with Gasteiger partial charge in [0, 0.05) is 61.3 Å². The van der Waals surface area contributed by atoms with E-state index in [2.05, 4.69) is 243 Å². The van der Waals surface area contributed by atoms with Crippen molar-refractivity contribution >= 4 is 68.0 Å². The van der Waals surface area contributed by atoms with Crippen molar-refractivity contribution in [3.63, 3.8) is 0 Å². The molecule has 0 saturated carbocycles. The third kappa shape index (κ3) is 6.80. The van der Waals surface area contributed by atoms with Crippen LogP contribution in [0.5, 0.6) is 0 Å². The molecule has 10 aromatic rings. The van der Waals surface area contributed by atoms with Gasteiger partial charge in [0.05, 0.1) is 16.6 Å². The first-order valence-corrected chi connectivity index (χ1v) is 23.8. The summed E-state index contributed by atoms with van der Waals surface area (Å²) >= 11 is 0. The summed E-state index contributed by atoms with van der Waals surface area (Å²) in [4.78, 5) is 2.35. The summed E-state index contributed by atoms with van der Waals surface area (Å²) in [5.41, 5.74) is 21.4. The van der Waals surface area contributed by atoms with Crippen molar-refractivity contribution in [1.82, 2.24) is 9.13 Å². The average molecular weight is 868 g/mol. The van der Waals surface area contributed by atoms with Gasteiger partial charge >= 0.3 is 0 Å². The number of para-hydroxylation sites is 3. The van der Waals surface area contributed by atoms with Crippen molar-refractivity contribution in [2.45, 2.75) is 53.4 Å². The molecular formula is C64H57N3. The van der Waals surface area contributed by atoms with E-state index in [1.807, 2.05) is 26.0 Å². The Morgan fingerprint density at radius 2 is 1.12 bits per heavy atom. The molecule has 328 valence electrons. The van der Waals surface area contributed by atoms with Crippen LogP contribution in [0.4, 0.5) is 17.1 Å². The van der Waals surface area contributed by atoms with Crippen molar-refractivity contribution in [3.05, 3.63) is 229 Å². The molecule has 1 aliphatic rings. The molecule has 8 aromatic carbocycles. The molecule has 0 unspecified atom stereocenters. The van der Waals surface area contributed by atoms with Gasteiger partial charge in [0.25, 0.3) is 0 Å². The monoisotopic (exact) mass is 867 g/mol. The Hall–Kier alpha value is -7.88. The summed E-state index contributed by atoms with van der Waals surface area (Å²) < 4.78 is 4.91. The van der Waals surface area contributed by atoms with E-state index in [4.69, 9.17) is 0 Å². The van der Waals surface area contributed by atoms with Crippen LogP contribution in [0.2, 0.25) is 0 Å². The van der Waals surface area contributed by atoms with Gasteiger partial charge in [-0.15, -0.1) is 0 Å². The molecular weight excluding hydrogens is 811 g/mol. The van der Waals surface area contributed by atoms with E-state index in [-0.39, 0.29) is 5.41 Å². The zero-order valence-corrected chi connectivity index (χ0v) is 39.5. The SMILES string of the molecule is C=Cc1c2c(c3c(c1C=C)c1ccccc1n3-c1ccc(N(c3ccccc3)c3ccc(-c4ccc5c(c4)c(/C=C\C)c(CC)n5-c4ccccc4)cc3)cc1)C(C)(C)c1ccccc1-2.CC. The number of rotatable bonds is 10. The molecule has 3 nitrogen and oxygen atoms in total. The minimum absolute atomic E-state index is 0.240. The lowest BCUT2D eigenvalue weighted by Gasteiger charge is -2.26. The van der Waals surface area contributed by atoms with Gasteiger partial charge < -0.3 is 14.0 Å². The number of benzene rings is 8. The lowest BCUT2D eigenvalue weighted by molar-refractivity contribution is 0.664. The number of aromatic nitrogens is 2. The van der Waals surface area contributed by atoms with Crippen molar-refractivity contribution in [3.8, 4) is 33.6 Å². The first kappa shape index (κ1) is 43.0. The molecule has 0 spiro atoms. The largest absolute Gasteiger partial charge is 0.313 e. The molecule has 0 N–H and O–H groups in total. The molecule has 0 bridgehead atoms. The van der Waals surface area contributed by atoms with Crippen molar-refractivity contribution in [2.75, 3.05) is 4.90 Å².